The first-order chi connectivity index (χ1) is 11.4. The maximum atomic E-state index is 12.4. The number of rotatable bonds is 7. The molecule has 0 radical (unpaired) electrons. The molecule has 0 spiro atoms. The zero-order valence-electron chi connectivity index (χ0n) is 14.5. The summed E-state index contributed by atoms with van der Waals surface area (Å²) in [6, 6.07) is 5.65. The first-order valence-electron chi connectivity index (χ1n) is 8.24. The van der Waals surface area contributed by atoms with Crippen LogP contribution in [0, 0.1) is 6.92 Å². The molecule has 2 rings (SSSR count). The summed E-state index contributed by atoms with van der Waals surface area (Å²) in [6.45, 7) is 4.90. The Morgan fingerprint density at radius 3 is 2.75 bits per heavy atom. The van der Waals surface area contributed by atoms with Gasteiger partial charge in [0.05, 0.1) is 24.3 Å². The molecule has 1 aromatic rings. The highest BCUT2D eigenvalue weighted by molar-refractivity contribution is 7.91. The van der Waals surface area contributed by atoms with E-state index in [2.05, 4.69) is 5.32 Å². The molecule has 1 fully saturated rings. The quantitative estimate of drug-likeness (QED) is 0.809. The Balaban J connectivity index is 1.91. The smallest absolute Gasteiger partial charge is 0.224 e. The maximum Gasteiger partial charge on any atom is 0.224 e. The summed E-state index contributed by atoms with van der Waals surface area (Å²) in [6.07, 6.45) is 0.864. The Bertz CT molecular complexity index is 688. The molecule has 1 atom stereocenters. The summed E-state index contributed by atoms with van der Waals surface area (Å²) in [5.41, 5.74) is 1.97. The molecule has 6 nitrogen and oxygen atoms in total. The third kappa shape index (κ3) is 4.63. The normalized spacial score (nSPS) is 19.0. The molecule has 0 saturated carbocycles. The first-order valence-corrected chi connectivity index (χ1v) is 10.1. The number of nitrogens with one attached hydrogen (secondary N) is 1. The fraction of sp³-hybridized carbons (Fsp3) is 0.588. The van der Waals surface area contributed by atoms with Crippen molar-refractivity contribution < 1.29 is 17.9 Å². The minimum atomic E-state index is -2.99. The van der Waals surface area contributed by atoms with Gasteiger partial charge in [-0.1, -0.05) is 6.07 Å². The van der Waals surface area contributed by atoms with Gasteiger partial charge in [0.25, 0.3) is 0 Å². The van der Waals surface area contributed by atoms with Gasteiger partial charge in [0, 0.05) is 25.6 Å². The van der Waals surface area contributed by atoms with Crippen LogP contribution in [-0.4, -0.2) is 57.0 Å². The second-order valence-corrected chi connectivity index (χ2v) is 8.35. The van der Waals surface area contributed by atoms with Crippen molar-refractivity contribution >= 4 is 21.4 Å². The molecule has 1 N–H and O–H groups in total. The van der Waals surface area contributed by atoms with Crippen LogP contribution < -0.4 is 10.1 Å². The Hall–Kier alpha value is -1.76. The topological polar surface area (TPSA) is 75.7 Å². The lowest BCUT2D eigenvalue weighted by molar-refractivity contribution is -0.132. The second kappa shape index (κ2) is 7.88. The number of carbonyl (C=O) groups excluding carboxylic acids is 1. The Kier molecular flexibility index (Phi) is 6.10. The molecule has 0 bridgehead atoms. The van der Waals surface area contributed by atoms with E-state index in [0.717, 1.165) is 17.0 Å². The molecule has 0 aromatic heterocycles. The number of ether oxygens (including phenoxy) is 1. The standard InChI is InChI=1S/C17H26N2O4S/c1-4-19(14-8-10-24(21,22)12-14)17(20)7-9-18-15-11-13(2)5-6-16(15)23-3/h5-6,11,14,18H,4,7-10,12H2,1-3H3. The van der Waals surface area contributed by atoms with E-state index in [9.17, 15) is 13.2 Å². The highest BCUT2D eigenvalue weighted by Gasteiger charge is 2.33. The molecule has 1 aliphatic heterocycles. The molecule has 7 heteroatoms. The van der Waals surface area contributed by atoms with E-state index in [0.29, 0.717) is 25.9 Å². The monoisotopic (exact) mass is 354 g/mol. The summed E-state index contributed by atoms with van der Waals surface area (Å²) >= 11 is 0. The molecule has 1 heterocycles. The number of hydrogen-bond donors (Lipinski definition) is 1. The number of amides is 1. The van der Waals surface area contributed by atoms with Crippen LogP contribution in [0.5, 0.6) is 5.75 Å². The minimum Gasteiger partial charge on any atom is -0.495 e. The largest absolute Gasteiger partial charge is 0.495 e. The van der Waals surface area contributed by atoms with Crippen LogP contribution in [0.3, 0.4) is 0 Å². The molecule has 1 aromatic carbocycles. The number of carbonyl (C=O) groups is 1. The van der Waals surface area contributed by atoms with Crippen LogP contribution in [0.25, 0.3) is 0 Å². The summed E-state index contributed by atoms with van der Waals surface area (Å²) < 4.78 is 28.5. The molecule has 24 heavy (non-hydrogen) atoms. The van der Waals surface area contributed by atoms with E-state index in [1.807, 2.05) is 32.0 Å². The number of nitrogens with zero attached hydrogens (tertiary/aromatic N) is 1. The number of sulfone groups is 1. The SMILES string of the molecule is CCN(C(=O)CCNc1cc(C)ccc1OC)C1CCS(=O)(=O)C1. The van der Waals surface area contributed by atoms with Crippen LogP contribution in [0.1, 0.15) is 25.3 Å². The van der Waals surface area contributed by atoms with Gasteiger partial charge in [-0.2, -0.15) is 0 Å². The molecule has 1 saturated heterocycles. The zero-order valence-corrected chi connectivity index (χ0v) is 15.4. The number of anilines is 1. The van der Waals surface area contributed by atoms with Gasteiger partial charge >= 0.3 is 0 Å². The molecule has 1 unspecified atom stereocenters. The number of benzene rings is 1. The summed E-state index contributed by atoms with van der Waals surface area (Å²) in [5.74, 6) is 0.993. The predicted molar refractivity (Wildman–Crippen MR) is 95.3 cm³/mol. The predicted octanol–water partition coefficient (Wildman–Crippen LogP) is 1.84. The highest BCUT2D eigenvalue weighted by atomic mass is 32.2. The van der Waals surface area contributed by atoms with Crippen LogP contribution in [0.4, 0.5) is 5.69 Å². The highest BCUT2D eigenvalue weighted by Crippen LogP contribution is 2.25. The van der Waals surface area contributed by atoms with Crippen LogP contribution in [-0.2, 0) is 14.6 Å². The van der Waals surface area contributed by atoms with Crippen molar-refractivity contribution in [1.29, 1.82) is 0 Å². The maximum absolute atomic E-state index is 12.4. The van der Waals surface area contributed by atoms with Crippen molar-refractivity contribution in [1.82, 2.24) is 4.90 Å². The van der Waals surface area contributed by atoms with Crippen LogP contribution in [0.15, 0.2) is 18.2 Å². The van der Waals surface area contributed by atoms with E-state index in [1.165, 1.54) is 0 Å². The lowest BCUT2D eigenvalue weighted by Crippen LogP contribution is -2.41. The van der Waals surface area contributed by atoms with E-state index in [-0.39, 0.29) is 23.5 Å². The van der Waals surface area contributed by atoms with Crippen molar-refractivity contribution in [3.8, 4) is 5.75 Å². The van der Waals surface area contributed by atoms with Gasteiger partial charge in [-0.25, -0.2) is 8.42 Å². The van der Waals surface area contributed by atoms with Crippen molar-refractivity contribution in [3.05, 3.63) is 23.8 Å². The van der Waals surface area contributed by atoms with Gasteiger partial charge in [0.2, 0.25) is 5.91 Å². The Labute approximate surface area is 144 Å². The fourth-order valence-electron chi connectivity index (χ4n) is 3.07. The lowest BCUT2D eigenvalue weighted by atomic mass is 10.2. The van der Waals surface area contributed by atoms with Crippen molar-refractivity contribution in [3.63, 3.8) is 0 Å². The van der Waals surface area contributed by atoms with Gasteiger partial charge < -0.3 is 15.0 Å². The molecule has 1 amide bonds. The molecule has 134 valence electrons. The van der Waals surface area contributed by atoms with E-state index >= 15 is 0 Å². The molecular formula is C17H26N2O4S. The third-order valence-corrected chi connectivity index (χ3v) is 6.07. The van der Waals surface area contributed by atoms with Gasteiger partial charge in [-0.3, -0.25) is 4.79 Å². The second-order valence-electron chi connectivity index (χ2n) is 6.12. The van der Waals surface area contributed by atoms with Crippen molar-refractivity contribution in [2.75, 3.05) is 37.0 Å². The number of aryl methyl sites for hydroxylation is 1. The van der Waals surface area contributed by atoms with Gasteiger partial charge in [0.15, 0.2) is 9.84 Å². The van der Waals surface area contributed by atoms with Gasteiger partial charge in [-0.05, 0) is 38.0 Å². The first kappa shape index (κ1) is 18.6. The summed E-state index contributed by atoms with van der Waals surface area (Å²) in [7, 11) is -1.38. The number of hydrogen-bond acceptors (Lipinski definition) is 5. The fourth-order valence-corrected chi connectivity index (χ4v) is 4.80. The average Bonchev–Trinajstić information content (AvgIpc) is 2.88. The molecule has 1 aliphatic rings. The number of methoxy groups -OCH3 is 1. The van der Waals surface area contributed by atoms with Crippen molar-refractivity contribution in [2.45, 2.75) is 32.7 Å². The van der Waals surface area contributed by atoms with Gasteiger partial charge in [0.1, 0.15) is 5.75 Å². The summed E-state index contributed by atoms with van der Waals surface area (Å²) in [4.78, 5) is 14.1. The van der Waals surface area contributed by atoms with Crippen LogP contribution >= 0.6 is 0 Å². The summed E-state index contributed by atoms with van der Waals surface area (Å²) in [5, 5.41) is 3.23. The van der Waals surface area contributed by atoms with E-state index < -0.39 is 9.84 Å². The zero-order chi connectivity index (χ0) is 17.7. The van der Waals surface area contributed by atoms with Crippen LogP contribution in [0.2, 0.25) is 0 Å². The van der Waals surface area contributed by atoms with Crippen molar-refractivity contribution in [2.24, 2.45) is 0 Å². The average molecular weight is 354 g/mol. The lowest BCUT2D eigenvalue weighted by Gasteiger charge is -2.27. The minimum absolute atomic E-state index is 0.0151. The Morgan fingerprint density at radius 2 is 2.17 bits per heavy atom. The third-order valence-electron chi connectivity index (χ3n) is 4.32. The van der Waals surface area contributed by atoms with E-state index in [1.54, 1.807) is 12.0 Å². The Morgan fingerprint density at radius 1 is 1.42 bits per heavy atom. The molecule has 0 aliphatic carbocycles. The van der Waals surface area contributed by atoms with E-state index in [4.69, 9.17) is 4.74 Å². The van der Waals surface area contributed by atoms with Gasteiger partial charge in [-0.15, -0.1) is 0 Å². The molecular weight excluding hydrogens is 328 g/mol.